The maximum atomic E-state index is 9.94. The molecule has 1 atom stereocenters. The molecule has 0 heterocycles. The molecule has 0 aromatic heterocycles. The van der Waals surface area contributed by atoms with E-state index in [1.807, 2.05) is 24.3 Å². The molecular formula is C16H24BrNO2. The minimum atomic E-state index is -0.469. The first-order valence-corrected chi connectivity index (χ1v) is 8.20. The van der Waals surface area contributed by atoms with Crippen LogP contribution >= 0.6 is 15.9 Å². The molecule has 0 spiro atoms. The van der Waals surface area contributed by atoms with Crippen LogP contribution in [0.3, 0.4) is 0 Å². The van der Waals surface area contributed by atoms with Crippen LogP contribution in [0.15, 0.2) is 28.7 Å². The van der Waals surface area contributed by atoms with E-state index < -0.39 is 6.10 Å². The third-order valence-corrected chi connectivity index (χ3v) is 4.78. The van der Waals surface area contributed by atoms with Gasteiger partial charge in [-0.05, 0) is 42.9 Å². The summed E-state index contributed by atoms with van der Waals surface area (Å²) in [5.74, 6) is 0.780. The second-order valence-corrected chi connectivity index (χ2v) is 6.68. The van der Waals surface area contributed by atoms with Gasteiger partial charge in [0.25, 0.3) is 0 Å². The molecular weight excluding hydrogens is 318 g/mol. The number of hydrogen-bond acceptors (Lipinski definition) is 3. The van der Waals surface area contributed by atoms with E-state index in [9.17, 15) is 5.11 Å². The number of halogens is 1. The fraction of sp³-hybridized carbons (Fsp3) is 0.625. The molecule has 1 aliphatic rings. The van der Waals surface area contributed by atoms with Gasteiger partial charge in [-0.3, -0.25) is 0 Å². The van der Waals surface area contributed by atoms with Crippen LogP contribution in [0.2, 0.25) is 0 Å². The lowest BCUT2D eigenvalue weighted by Gasteiger charge is -2.41. The van der Waals surface area contributed by atoms with E-state index in [0.717, 1.165) is 16.8 Å². The van der Waals surface area contributed by atoms with E-state index >= 15 is 0 Å². The van der Waals surface area contributed by atoms with Gasteiger partial charge in [0.05, 0.1) is 0 Å². The first-order chi connectivity index (χ1) is 9.63. The zero-order valence-electron chi connectivity index (χ0n) is 12.1. The van der Waals surface area contributed by atoms with Crippen molar-refractivity contribution in [1.29, 1.82) is 0 Å². The predicted molar refractivity (Wildman–Crippen MR) is 85.1 cm³/mol. The van der Waals surface area contributed by atoms with E-state index in [1.165, 1.54) is 25.7 Å². The number of aliphatic hydroxyl groups excluding tert-OH is 1. The van der Waals surface area contributed by atoms with E-state index in [1.54, 1.807) is 0 Å². The molecule has 20 heavy (non-hydrogen) atoms. The van der Waals surface area contributed by atoms with Crippen LogP contribution in [0, 0.1) is 5.41 Å². The Bertz CT molecular complexity index is 415. The summed E-state index contributed by atoms with van der Waals surface area (Å²) >= 11 is 3.40. The SMILES string of the molecule is CCC1(CNCC(O)COc2cccc(Br)c2)CCC1. The van der Waals surface area contributed by atoms with Gasteiger partial charge in [0, 0.05) is 17.6 Å². The summed E-state index contributed by atoms with van der Waals surface area (Å²) in [5.41, 5.74) is 0.491. The summed E-state index contributed by atoms with van der Waals surface area (Å²) in [6, 6.07) is 7.67. The Kier molecular flexibility index (Phi) is 5.87. The summed E-state index contributed by atoms with van der Waals surface area (Å²) < 4.78 is 6.56. The van der Waals surface area contributed by atoms with Crippen LogP contribution in [0.4, 0.5) is 0 Å². The number of nitrogens with one attached hydrogen (secondary N) is 1. The van der Waals surface area contributed by atoms with Gasteiger partial charge in [0.1, 0.15) is 18.5 Å². The third-order valence-electron chi connectivity index (χ3n) is 4.28. The largest absolute Gasteiger partial charge is 0.491 e. The van der Waals surface area contributed by atoms with Crippen LogP contribution in [0.25, 0.3) is 0 Å². The normalized spacial score (nSPS) is 18.4. The Labute approximate surface area is 129 Å². The van der Waals surface area contributed by atoms with Crippen molar-refractivity contribution in [2.45, 2.75) is 38.7 Å². The minimum Gasteiger partial charge on any atom is -0.491 e. The molecule has 2 N–H and O–H groups in total. The van der Waals surface area contributed by atoms with Crippen LogP contribution in [-0.2, 0) is 0 Å². The summed E-state index contributed by atoms with van der Waals surface area (Å²) in [5, 5.41) is 13.3. The quantitative estimate of drug-likeness (QED) is 0.761. The summed E-state index contributed by atoms with van der Waals surface area (Å²) in [7, 11) is 0. The molecule has 0 amide bonds. The summed E-state index contributed by atoms with van der Waals surface area (Å²) in [6.45, 7) is 4.18. The summed E-state index contributed by atoms with van der Waals surface area (Å²) in [4.78, 5) is 0. The van der Waals surface area contributed by atoms with Crippen molar-refractivity contribution in [1.82, 2.24) is 5.32 Å². The molecule has 1 fully saturated rings. The summed E-state index contributed by atoms with van der Waals surface area (Å²) in [6.07, 6.45) is 4.75. The van der Waals surface area contributed by atoms with Gasteiger partial charge < -0.3 is 15.2 Å². The number of hydrogen-bond donors (Lipinski definition) is 2. The van der Waals surface area contributed by atoms with Gasteiger partial charge in [-0.2, -0.15) is 0 Å². The molecule has 0 aliphatic heterocycles. The molecule has 1 aliphatic carbocycles. The lowest BCUT2D eigenvalue weighted by atomic mass is 9.67. The van der Waals surface area contributed by atoms with E-state index in [4.69, 9.17) is 4.74 Å². The topological polar surface area (TPSA) is 41.5 Å². The van der Waals surface area contributed by atoms with Gasteiger partial charge in [-0.25, -0.2) is 0 Å². The fourth-order valence-electron chi connectivity index (χ4n) is 2.64. The monoisotopic (exact) mass is 341 g/mol. The molecule has 112 valence electrons. The van der Waals surface area contributed by atoms with Gasteiger partial charge in [-0.1, -0.05) is 35.3 Å². The Morgan fingerprint density at radius 1 is 1.45 bits per heavy atom. The molecule has 1 saturated carbocycles. The fourth-order valence-corrected chi connectivity index (χ4v) is 3.02. The standard InChI is InChI=1S/C16H24BrNO2/c1-2-16(7-4-8-16)12-18-10-14(19)11-20-15-6-3-5-13(17)9-15/h3,5-6,9,14,18-19H,2,4,7-8,10-12H2,1H3. The Morgan fingerprint density at radius 2 is 2.25 bits per heavy atom. The van der Waals surface area contributed by atoms with Crippen LogP contribution in [0.1, 0.15) is 32.6 Å². The number of benzene rings is 1. The molecule has 1 aromatic rings. The van der Waals surface area contributed by atoms with Crippen molar-refractivity contribution in [2.24, 2.45) is 5.41 Å². The maximum Gasteiger partial charge on any atom is 0.120 e. The smallest absolute Gasteiger partial charge is 0.120 e. The Morgan fingerprint density at radius 3 is 2.85 bits per heavy atom. The van der Waals surface area contributed by atoms with Gasteiger partial charge in [-0.15, -0.1) is 0 Å². The first-order valence-electron chi connectivity index (χ1n) is 7.41. The first kappa shape index (κ1) is 15.8. The van der Waals surface area contributed by atoms with Gasteiger partial charge in [0.15, 0.2) is 0 Å². The van der Waals surface area contributed by atoms with Crippen LogP contribution in [-0.4, -0.2) is 30.9 Å². The second-order valence-electron chi connectivity index (χ2n) is 5.76. The molecule has 1 aromatic carbocycles. The Balaban J connectivity index is 1.64. The van der Waals surface area contributed by atoms with Gasteiger partial charge >= 0.3 is 0 Å². The van der Waals surface area contributed by atoms with Crippen molar-refractivity contribution in [3.05, 3.63) is 28.7 Å². The van der Waals surface area contributed by atoms with Crippen molar-refractivity contribution >= 4 is 15.9 Å². The van der Waals surface area contributed by atoms with E-state index in [0.29, 0.717) is 18.6 Å². The molecule has 3 nitrogen and oxygen atoms in total. The molecule has 0 saturated heterocycles. The van der Waals surface area contributed by atoms with E-state index in [-0.39, 0.29) is 0 Å². The van der Waals surface area contributed by atoms with Crippen molar-refractivity contribution in [3.8, 4) is 5.75 Å². The molecule has 4 heteroatoms. The van der Waals surface area contributed by atoms with E-state index in [2.05, 4.69) is 28.2 Å². The predicted octanol–water partition coefficient (Wildman–Crippen LogP) is 3.36. The lowest BCUT2D eigenvalue weighted by molar-refractivity contribution is 0.0869. The highest BCUT2D eigenvalue weighted by molar-refractivity contribution is 9.10. The molecule has 1 unspecified atom stereocenters. The molecule has 2 rings (SSSR count). The minimum absolute atomic E-state index is 0.322. The lowest BCUT2D eigenvalue weighted by Crippen LogP contribution is -2.42. The van der Waals surface area contributed by atoms with Crippen LogP contribution in [0.5, 0.6) is 5.75 Å². The molecule has 0 radical (unpaired) electrons. The third kappa shape index (κ3) is 4.47. The average Bonchev–Trinajstić information content (AvgIpc) is 2.40. The highest BCUT2D eigenvalue weighted by atomic mass is 79.9. The van der Waals surface area contributed by atoms with Crippen molar-refractivity contribution in [3.63, 3.8) is 0 Å². The zero-order valence-corrected chi connectivity index (χ0v) is 13.7. The second kappa shape index (κ2) is 7.43. The highest BCUT2D eigenvalue weighted by Gasteiger charge is 2.34. The Hall–Kier alpha value is -0.580. The highest BCUT2D eigenvalue weighted by Crippen LogP contribution is 2.42. The number of rotatable bonds is 8. The zero-order chi connectivity index (χ0) is 14.4. The average molecular weight is 342 g/mol. The number of aliphatic hydroxyl groups is 1. The number of ether oxygens (including phenoxy) is 1. The van der Waals surface area contributed by atoms with Gasteiger partial charge in [0.2, 0.25) is 0 Å². The van der Waals surface area contributed by atoms with Crippen molar-refractivity contribution < 1.29 is 9.84 Å². The molecule has 0 bridgehead atoms. The maximum absolute atomic E-state index is 9.94. The van der Waals surface area contributed by atoms with Crippen LogP contribution < -0.4 is 10.1 Å². The van der Waals surface area contributed by atoms with Crippen molar-refractivity contribution in [2.75, 3.05) is 19.7 Å².